The average Bonchev–Trinajstić information content (AvgIpc) is 3.70. The molecular weight excluding hydrogens is 793 g/mol. The summed E-state index contributed by atoms with van der Waals surface area (Å²) in [6.07, 6.45) is 7.79. The molecule has 8 rings (SSSR count). The molecule has 5 atom stereocenters. The van der Waals surface area contributed by atoms with Gasteiger partial charge >= 0.3 is 0 Å². The second kappa shape index (κ2) is 17.3. The van der Waals surface area contributed by atoms with Gasteiger partial charge in [0.2, 0.25) is 5.91 Å². The zero-order valence-corrected chi connectivity index (χ0v) is 37.9. The third kappa shape index (κ3) is 7.64. The normalized spacial score (nSPS) is 22.3. The molecule has 62 heavy (non-hydrogen) atoms. The van der Waals surface area contributed by atoms with Crippen LogP contribution in [0, 0.1) is 5.92 Å². The predicted octanol–water partition coefficient (Wildman–Crippen LogP) is 7.99. The van der Waals surface area contributed by atoms with E-state index in [0.29, 0.717) is 36.1 Å². The number of methoxy groups -OCH3 is 1. The van der Waals surface area contributed by atoms with Crippen LogP contribution in [0.5, 0.6) is 5.75 Å². The first kappa shape index (κ1) is 43.0. The van der Waals surface area contributed by atoms with Gasteiger partial charge < -0.3 is 24.4 Å². The SMILES string of the molecule is COc1ccc([Si](C)(C)[C@@H]2[C@@H](CC(=O)N3Cc4ccccc4C[C@H]3CO)O[C@]3(C(=O)N(C/C=C(\C)CCC=C(C)C)c4ccc(-n5ncc6ccccc6c5=O)cc43)[C@H]2C)cc1. The van der Waals surface area contributed by atoms with Crippen molar-refractivity contribution in [1.82, 2.24) is 14.7 Å². The van der Waals surface area contributed by atoms with E-state index in [9.17, 15) is 14.7 Å². The summed E-state index contributed by atoms with van der Waals surface area (Å²) in [7, 11) is -0.956. The second-order valence-corrected chi connectivity index (χ2v) is 22.8. The highest BCUT2D eigenvalue weighted by atomic mass is 28.3. The van der Waals surface area contributed by atoms with E-state index in [2.05, 4.69) is 76.2 Å². The van der Waals surface area contributed by atoms with E-state index in [-0.39, 0.29) is 47.9 Å². The Morgan fingerprint density at radius 3 is 2.42 bits per heavy atom. The number of benzene rings is 4. The average molecular weight is 851 g/mol. The monoisotopic (exact) mass is 850 g/mol. The lowest BCUT2D eigenvalue weighted by Crippen LogP contribution is -2.52. The highest BCUT2D eigenvalue weighted by Gasteiger charge is 2.66. The number of allylic oxidation sites excluding steroid dienone is 3. The Labute approximate surface area is 365 Å². The topological polar surface area (TPSA) is 114 Å². The van der Waals surface area contributed by atoms with Gasteiger partial charge in [0.15, 0.2) is 5.60 Å². The Hall–Kier alpha value is -5.62. The molecule has 3 aliphatic rings. The Balaban J connectivity index is 1.25. The molecule has 10 nitrogen and oxygen atoms in total. The Kier molecular flexibility index (Phi) is 12.0. The van der Waals surface area contributed by atoms with Crippen molar-refractivity contribution in [2.75, 3.05) is 25.2 Å². The maximum absolute atomic E-state index is 15.6. The molecule has 1 aromatic heterocycles. The van der Waals surface area contributed by atoms with Crippen molar-refractivity contribution in [3.63, 3.8) is 0 Å². The van der Waals surface area contributed by atoms with Gasteiger partial charge in [-0.15, -0.1) is 0 Å². The first-order valence-corrected chi connectivity index (χ1v) is 24.9. The van der Waals surface area contributed by atoms with E-state index in [4.69, 9.17) is 9.47 Å². The maximum Gasteiger partial charge on any atom is 0.279 e. The molecule has 11 heteroatoms. The van der Waals surface area contributed by atoms with Crippen LogP contribution >= 0.6 is 0 Å². The number of hydrogen-bond acceptors (Lipinski definition) is 7. The van der Waals surface area contributed by atoms with Crippen molar-refractivity contribution < 1.29 is 24.2 Å². The number of carbonyl (C=O) groups is 2. The standard InChI is InChI=1S/C51H58N4O6Si/c1-33(2)13-12-14-34(3)25-26-53-45-24-19-39(55-49(58)43-18-11-10-16-37(43)30-52-55)28-44(45)51(50(53)59)35(4)48(62(6,7)42-22-20-41(60-5)21-23-42)46(61-51)29-47(57)54-31-38-17-9-8-15-36(38)27-40(54)32-56/h8-11,13,15-25,28,30,35,40,46,48,56H,12,14,26-27,29,31-32H2,1-7H3/b34-25+/t35-,40-,46+,48-,51+/m0/s1. The van der Waals surface area contributed by atoms with Crippen molar-refractivity contribution in [3.05, 3.63) is 148 Å². The summed E-state index contributed by atoms with van der Waals surface area (Å²) >= 11 is 0. The molecule has 0 aliphatic carbocycles. The second-order valence-electron chi connectivity index (χ2n) is 18.1. The zero-order valence-electron chi connectivity index (χ0n) is 36.9. The van der Waals surface area contributed by atoms with Crippen molar-refractivity contribution in [2.45, 2.75) is 96.3 Å². The highest BCUT2D eigenvalue weighted by molar-refractivity contribution is 6.91. The Morgan fingerprint density at radius 1 is 0.968 bits per heavy atom. The van der Waals surface area contributed by atoms with Crippen LogP contribution in [-0.2, 0) is 32.9 Å². The largest absolute Gasteiger partial charge is 0.497 e. The van der Waals surface area contributed by atoms with Gasteiger partial charge in [0.05, 0.1) is 63.3 Å². The minimum absolute atomic E-state index is 0.0410. The molecule has 0 radical (unpaired) electrons. The molecule has 1 spiro atoms. The number of aromatic nitrogens is 2. The van der Waals surface area contributed by atoms with Crippen LogP contribution < -0.4 is 20.4 Å². The number of rotatable bonds is 12. The van der Waals surface area contributed by atoms with Gasteiger partial charge in [-0.1, -0.05) is 103 Å². The van der Waals surface area contributed by atoms with E-state index in [1.165, 1.54) is 15.8 Å². The molecule has 4 aromatic carbocycles. The van der Waals surface area contributed by atoms with Crippen LogP contribution in [-0.4, -0.2) is 72.1 Å². The minimum Gasteiger partial charge on any atom is -0.497 e. The van der Waals surface area contributed by atoms with Gasteiger partial charge in [0.1, 0.15) is 5.75 Å². The smallest absolute Gasteiger partial charge is 0.279 e. The van der Waals surface area contributed by atoms with Gasteiger partial charge in [-0.05, 0) is 93.1 Å². The number of hydrogen-bond donors (Lipinski definition) is 1. The molecule has 5 aromatic rings. The van der Waals surface area contributed by atoms with Crippen LogP contribution in [0.1, 0.15) is 63.6 Å². The van der Waals surface area contributed by atoms with E-state index >= 15 is 4.79 Å². The van der Waals surface area contributed by atoms with Crippen LogP contribution in [0.2, 0.25) is 18.6 Å². The fraction of sp³-hybridized carbons (Fsp3) is 0.373. The summed E-state index contributed by atoms with van der Waals surface area (Å²) in [5.74, 6) is 0.0809. The zero-order chi connectivity index (χ0) is 43.9. The summed E-state index contributed by atoms with van der Waals surface area (Å²) < 4.78 is 14.4. The highest BCUT2D eigenvalue weighted by Crippen LogP contribution is 2.60. The van der Waals surface area contributed by atoms with Gasteiger partial charge in [-0.2, -0.15) is 9.78 Å². The molecule has 4 heterocycles. The van der Waals surface area contributed by atoms with E-state index in [1.54, 1.807) is 24.3 Å². The number of aliphatic hydroxyl groups is 1. The summed E-state index contributed by atoms with van der Waals surface area (Å²) in [6, 6.07) is 28.9. The number of nitrogens with zero attached hydrogens (tertiary/aromatic N) is 4. The fourth-order valence-corrected chi connectivity index (χ4v) is 14.4. The summed E-state index contributed by atoms with van der Waals surface area (Å²) in [5.41, 5.74) is 4.64. The van der Waals surface area contributed by atoms with Crippen LogP contribution in [0.3, 0.4) is 0 Å². The first-order chi connectivity index (χ1) is 29.8. The molecular formula is C51H58N4O6Si. The maximum atomic E-state index is 15.6. The lowest BCUT2D eigenvalue weighted by molar-refractivity contribution is -0.150. The van der Waals surface area contributed by atoms with Crippen molar-refractivity contribution in [3.8, 4) is 11.4 Å². The molecule has 1 fully saturated rings. The number of amides is 2. The Bertz CT molecular complexity index is 2630. The van der Waals surface area contributed by atoms with E-state index < -0.39 is 19.8 Å². The van der Waals surface area contributed by atoms with Gasteiger partial charge in [-0.3, -0.25) is 14.4 Å². The van der Waals surface area contributed by atoms with Crippen LogP contribution in [0.4, 0.5) is 5.69 Å². The lowest BCUT2D eigenvalue weighted by atomic mass is 9.82. The molecule has 2 amide bonds. The molecule has 0 saturated carbocycles. The molecule has 0 unspecified atom stereocenters. The summed E-state index contributed by atoms with van der Waals surface area (Å²) in [5, 5.41) is 17.6. The fourth-order valence-electron chi connectivity index (χ4n) is 10.4. The molecule has 0 bridgehead atoms. The van der Waals surface area contributed by atoms with Crippen molar-refractivity contribution >= 4 is 41.5 Å². The van der Waals surface area contributed by atoms with E-state index in [0.717, 1.165) is 46.0 Å². The molecule has 322 valence electrons. The number of ether oxygens (including phenoxy) is 2. The van der Waals surface area contributed by atoms with Crippen molar-refractivity contribution in [1.29, 1.82) is 0 Å². The third-order valence-electron chi connectivity index (χ3n) is 13.7. The van der Waals surface area contributed by atoms with E-state index in [1.807, 2.05) is 71.6 Å². The first-order valence-electron chi connectivity index (χ1n) is 21.8. The number of anilines is 1. The summed E-state index contributed by atoms with van der Waals surface area (Å²) in [6.45, 7) is 13.6. The summed E-state index contributed by atoms with van der Waals surface area (Å²) in [4.78, 5) is 48.0. The third-order valence-corrected chi connectivity index (χ3v) is 18.1. The number of carbonyl (C=O) groups excluding carboxylic acids is 2. The van der Waals surface area contributed by atoms with Crippen molar-refractivity contribution in [2.24, 2.45) is 5.92 Å². The molecule has 3 aliphatic heterocycles. The quantitative estimate of drug-likeness (QED) is 0.100. The number of fused-ring (bicyclic) bond motifs is 4. The Morgan fingerprint density at radius 2 is 1.69 bits per heavy atom. The van der Waals surface area contributed by atoms with Crippen LogP contribution in [0.15, 0.2) is 125 Å². The van der Waals surface area contributed by atoms with Gasteiger partial charge in [0, 0.05) is 30.0 Å². The molecule has 1 saturated heterocycles. The predicted molar refractivity (Wildman–Crippen MR) is 248 cm³/mol. The molecule has 1 N–H and O–H groups in total. The number of aliphatic hydroxyl groups excluding tert-OH is 1. The van der Waals surface area contributed by atoms with Crippen LogP contribution in [0.25, 0.3) is 16.5 Å². The minimum atomic E-state index is -2.61. The van der Waals surface area contributed by atoms with Gasteiger partial charge in [-0.25, -0.2) is 0 Å². The van der Waals surface area contributed by atoms with Gasteiger partial charge in [0.25, 0.3) is 11.5 Å². The lowest BCUT2D eigenvalue weighted by Gasteiger charge is -2.39.